The topological polar surface area (TPSA) is 131 Å². The van der Waals surface area contributed by atoms with E-state index >= 15 is 0 Å². The molecule has 36 heavy (non-hydrogen) atoms. The molecule has 0 saturated carbocycles. The SMILES string of the molecule is CO/N=C/c1ccc2c(n1)[C@@H](C)CCN2c1n[nH]c2nc(N3CCC4(CC3)CO[C@@H](C)[C@H]4N)cnc12. The third kappa shape index (κ3) is 3.77. The molecule has 2 fully saturated rings. The van der Waals surface area contributed by atoms with Gasteiger partial charge >= 0.3 is 0 Å². The quantitative estimate of drug-likeness (QED) is 0.418. The molecule has 3 N–H and O–H groups in total. The lowest BCUT2D eigenvalue weighted by Gasteiger charge is -2.41. The van der Waals surface area contributed by atoms with Crippen LogP contribution in [0, 0.1) is 5.41 Å². The van der Waals surface area contributed by atoms with E-state index in [-0.39, 0.29) is 17.6 Å². The minimum Gasteiger partial charge on any atom is -0.399 e. The van der Waals surface area contributed by atoms with Crippen molar-refractivity contribution in [3.05, 3.63) is 29.7 Å². The van der Waals surface area contributed by atoms with E-state index < -0.39 is 0 Å². The van der Waals surface area contributed by atoms with Gasteiger partial charge in [-0.15, -0.1) is 0 Å². The molecule has 3 aromatic heterocycles. The summed E-state index contributed by atoms with van der Waals surface area (Å²) in [5, 5.41) is 11.6. The normalized spacial score (nSPS) is 25.7. The van der Waals surface area contributed by atoms with Crippen LogP contribution in [0.4, 0.5) is 17.3 Å². The summed E-state index contributed by atoms with van der Waals surface area (Å²) in [6, 6.07) is 4.10. The number of nitrogens with two attached hydrogens (primary N) is 1. The van der Waals surface area contributed by atoms with Crippen LogP contribution in [-0.4, -0.2) is 76.9 Å². The standard InChI is InChI=1S/C25H33N9O2/c1-15-6-9-34(18-5-4-17(12-28-35-3)29-20(15)18)24-21-23(31-32-24)30-19(13-27-21)33-10-7-25(8-11-33)14-36-16(2)22(25)26/h4-5,12-13,15-16,22H,6-11,14,26H2,1-3H3,(H,30,31,32)/b28-12+/t15-,16-,22+/m0/s1. The highest BCUT2D eigenvalue weighted by atomic mass is 16.6. The second-order valence-corrected chi connectivity index (χ2v) is 10.3. The molecule has 3 aliphatic rings. The van der Waals surface area contributed by atoms with Gasteiger partial charge in [-0.1, -0.05) is 12.1 Å². The van der Waals surface area contributed by atoms with E-state index in [9.17, 15) is 0 Å². The fourth-order valence-corrected chi connectivity index (χ4v) is 5.83. The van der Waals surface area contributed by atoms with E-state index in [1.165, 1.54) is 7.11 Å². The number of ether oxygens (including phenoxy) is 1. The van der Waals surface area contributed by atoms with Crippen LogP contribution in [-0.2, 0) is 9.57 Å². The van der Waals surface area contributed by atoms with E-state index in [0.29, 0.717) is 11.6 Å². The molecule has 190 valence electrons. The molecule has 0 radical (unpaired) electrons. The van der Waals surface area contributed by atoms with Gasteiger partial charge in [0.05, 0.1) is 42.2 Å². The number of hydrogen-bond donors (Lipinski definition) is 2. The first-order valence-corrected chi connectivity index (χ1v) is 12.7. The van der Waals surface area contributed by atoms with Crippen LogP contribution in [0.25, 0.3) is 11.2 Å². The van der Waals surface area contributed by atoms with Gasteiger partial charge in [0.1, 0.15) is 12.9 Å². The first-order chi connectivity index (χ1) is 17.5. The molecular formula is C25H33N9O2. The Morgan fingerprint density at radius 2 is 2.06 bits per heavy atom. The molecule has 0 aromatic carbocycles. The zero-order valence-corrected chi connectivity index (χ0v) is 21.0. The number of oxime groups is 1. The van der Waals surface area contributed by atoms with Crippen molar-refractivity contribution in [2.75, 3.05) is 43.2 Å². The number of piperidine rings is 1. The Labute approximate surface area is 210 Å². The number of fused-ring (bicyclic) bond motifs is 2. The average molecular weight is 492 g/mol. The number of rotatable bonds is 4. The first-order valence-electron chi connectivity index (χ1n) is 12.7. The van der Waals surface area contributed by atoms with Crippen molar-refractivity contribution in [3.63, 3.8) is 0 Å². The second-order valence-electron chi connectivity index (χ2n) is 10.3. The highest BCUT2D eigenvalue weighted by Gasteiger charge is 2.47. The maximum absolute atomic E-state index is 6.49. The molecule has 1 spiro atoms. The zero-order chi connectivity index (χ0) is 24.9. The number of nitrogens with zero attached hydrogens (tertiary/aromatic N) is 7. The molecule has 0 unspecified atom stereocenters. The van der Waals surface area contributed by atoms with Crippen LogP contribution < -0.4 is 15.5 Å². The van der Waals surface area contributed by atoms with Gasteiger partial charge in [-0.2, -0.15) is 5.10 Å². The minimum absolute atomic E-state index is 0.0801. The van der Waals surface area contributed by atoms with E-state index in [4.69, 9.17) is 30.3 Å². The molecule has 3 aromatic rings. The van der Waals surface area contributed by atoms with Gasteiger partial charge in [0.2, 0.25) is 0 Å². The van der Waals surface area contributed by atoms with Crippen molar-refractivity contribution in [3.8, 4) is 0 Å². The van der Waals surface area contributed by atoms with Crippen molar-refractivity contribution < 1.29 is 9.57 Å². The molecule has 6 rings (SSSR count). The van der Waals surface area contributed by atoms with Gasteiger partial charge in [-0.3, -0.25) is 5.10 Å². The van der Waals surface area contributed by atoms with Crippen LogP contribution in [0.2, 0.25) is 0 Å². The molecule has 6 heterocycles. The van der Waals surface area contributed by atoms with E-state index in [0.717, 1.165) is 79.7 Å². The van der Waals surface area contributed by atoms with E-state index in [1.54, 1.807) is 6.21 Å². The summed E-state index contributed by atoms with van der Waals surface area (Å²) in [7, 11) is 1.52. The lowest BCUT2D eigenvalue weighted by atomic mass is 9.73. The Bertz CT molecular complexity index is 1280. The molecule has 0 aliphatic carbocycles. The summed E-state index contributed by atoms with van der Waals surface area (Å²) in [4.78, 5) is 23.8. The predicted octanol–water partition coefficient (Wildman–Crippen LogP) is 2.71. The van der Waals surface area contributed by atoms with Crippen molar-refractivity contribution in [1.29, 1.82) is 0 Å². The fraction of sp³-hybridized carbons (Fsp3) is 0.560. The molecule has 0 amide bonds. The largest absolute Gasteiger partial charge is 0.399 e. The van der Waals surface area contributed by atoms with Gasteiger partial charge in [0.25, 0.3) is 0 Å². The Morgan fingerprint density at radius 3 is 2.81 bits per heavy atom. The monoisotopic (exact) mass is 491 g/mol. The summed E-state index contributed by atoms with van der Waals surface area (Å²) in [6.07, 6.45) is 6.57. The maximum Gasteiger partial charge on any atom is 0.183 e. The Balaban J connectivity index is 1.25. The van der Waals surface area contributed by atoms with Crippen molar-refractivity contribution in [2.45, 2.75) is 51.2 Å². The molecule has 2 saturated heterocycles. The Kier molecular flexibility index (Phi) is 5.76. The second kappa shape index (κ2) is 8.97. The average Bonchev–Trinajstić information content (AvgIpc) is 3.45. The van der Waals surface area contributed by atoms with Gasteiger partial charge < -0.3 is 25.1 Å². The highest BCUT2D eigenvalue weighted by Crippen LogP contribution is 2.42. The number of pyridine rings is 1. The van der Waals surface area contributed by atoms with Crippen LogP contribution in [0.3, 0.4) is 0 Å². The third-order valence-corrected chi connectivity index (χ3v) is 8.18. The van der Waals surface area contributed by atoms with Crippen molar-refractivity contribution >= 4 is 34.7 Å². The number of H-pyrrole nitrogens is 1. The summed E-state index contributed by atoms with van der Waals surface area (Å²) in [6.45, 7) is 7.64. The summed E-state index contributed by atoms with van der Waals surface area (Å²) in [5.74, 6) is 1.97. The fourth-order valence-electron chi connectivity index (χ4n) is 5.83. The summed E-state index contributed by atoms with van der Waals surface area (Å²) >= 11 is 0. The van der Waals surface area contributed by atoms with Gasteiger partial charge in [-0.25, -0.2) is 15.0 Å². The van der Waals surface area contributed by atoms with Crippen molar-refractivity contribution in [1.82, 2.24) is 25.1 Å². The smallest absolute Gasteiger partial charge is 0.183 e. The number of aromatic amines is 1. The van der Waals surface area contributed by atoms with Crippen LogP contribution in [0.5, 0.6) is 0 Å². The van der Waals surface area contributed by atoms with Crippen LogP contribution in [0.15, 0.2) is 23.5 Å². The van der Waals surface area contributed by atoms with Crippen LogP contribution >= 0.6 is 0 Å². The van der Waals surface area contributed by atoms with Gasteiger partial charge in [-0.05, 0) is 38.3 Å². The third-order valence-electron chi connectivity index (χ3n) is 8.18. The number of anilines is 3. The van der Waals surface area contributed by atoms with Crippen LogP contribution in [0.1, 0.15) is 50.4 Å². The van der Waals surface area contributed by atoms with Gasteiger partial charge in [0, 0.05) is 37.0 Å². The molecule has 3 atom stereocenters. The zero-order valence-electron chi connectivity index (χ0n) is 21.0. The van der Waals surface area contributed by atoms with E-state index in [2.05, 4.69) is 45.1 Å². The highest BCUT2D eigenvalue weighted by molar-refractivity contribution is 5.88. The summed E-state index contributed by atoms with van der Waals surface area (Å²) in [5.41, 5.74) is 10.8. The van der Waals surface area contributed by atoms with E-state index in [1.807, 2.05) is 12.3 Å². The number of nitrogens with one attached hydrogen (secondary N) is 1. The lowest BCUT2D eigenvalue weighted by Crippen LogP contribution is -2.50. The number of hydrogen-bond acceptors (Lipinski definition) is 10. The molecule has 11 nitrogen and oxygen atoms in total. The first kappa shape index (κ1) is 23.1. The predicted molar refractivity (Wildman–Crippen MR) is 138 cm³/mol. The molecule has 3 aliphatic heterocycles. The minimum atomic E-state index is 0.0801. The Hall–Kier alpha value is -3.31. The summed E-state index contributed by atoms with van der Waals surface area (Å²) < 4.78 is 5.87. The Morgan fingerprint density at radius 1 is 1.22 bits per heavy atom. The molecular weight excluding hydrogens is 458 g/mol. The maximum atomic E-state index is 6.49. The number of aromatic nitrogens is 5. The molecule has 0 bridgehead atoms. The van der Waals surface area contributed by atoms with Gasteiger partial charge in [0.15, 0.2) is 17.0 Å². The molecule has 11 heteroatoms. The van der Waals surface area contributed by atoms with Crippen molar-refractivity contribution in [2.24, 2.45) is 16.3 Å². The lowest BCUT2D eigenvalue weighted by molar-refractivity contribution is 0.0974.